The van der Waals surface area contributed by atoms with Crippen LogP contribution in [0.3, 0.4) is 0 Å². The van der Waals surface area contributed by atoms with Gasteiger partial charge in [-0.05, 0) is 53.0 Å². The van der Waals surface area contributed by atoms with Crippen molar-refractivity contribution in [2.24, 2.45) is 0 Å². The number of halogens is 2. The zero-order chi connectivity index (χ0) is 19.4. The molecule has 9 heteroatoms. The summed E-state index contributed by atoms with van der Waals surface area (Å²) in [6.07, 6.45) is 0. The van der Waals surface area contributed by atoms with Gasteiger partial charge < -0.3 is 14.8 Å². The van der Waals surface area contributed by atoms with Gasteiger partial charge in [-0.25, -0.2) is 0 Å². The molecule has 2 rings (SSSR count). The molecule has 2 aromatic rings. The third-order valence-electron chi connectivity index (χ3n) is 3.60. The number of nitrogens with one attached hydrogen (secondary N) is 1. The van der Waals surface area contributed by atoms with Crippen molar-refractivity contribution in [2.75, 3.05) is 19.0 Å². The van der Waals surface area contributed by atoms with Gasteiger partial charge in [0.2, 0.25) is 0 Å². The predicted molar refractivity (Wildman–Crippen MR) is 102 cm³/mol. The van der Waals surface area contributed by atoms with Crippen LogP contribution >= 0.6 is 27.5 Å². The molecule has 0 radical (unpaired) electrons. The number of non-ortho nitro benzene ring substituents is 1. The molecule has 0 aromatic heterocycles. The number of amides is 1. The molecule has 0 aliphatic rings. The molecular weight excluding hydrogens is 428 g/mol. The maximum absolute atomic E-state index is 12.2. The minimum absolute atomic E-state index is 0.159. The van der Waals surface area contributed by atoms with Gasteiger partial charge in [-0.15, -0.1) is 0 Å². The summed E-state index contributed by atoms with van der Waals surface area (Å²) in [5, 5.41) is 14.1. The lowest BCUT2D eigenvalue weighted by molar-refractivity contribution is -0.384. The zero-order valence-corrected chi connectivity index (χ0v) is 16.6. The predicted octanol–water partition coefficient (Wildman–Crippen LogP) is 4.65. The van der Waals surface area contributed by atoms with Crippen LogP contribution in [-0.2, 0) is 4.79 Å². The SMILES string of the molecule is COc1ccc([N+](=O)[O-])cc1NC(=O)COc1cc(C)c(Cl)c(C)c1Br. The minimum Gasteiger partial charge on any atom is -0.495 e. The molecule has 138 valence electrons. The quantitative estimate of drug-likeness (QED) is 0.518. The fourth-order valence-corrected chi connectivity index (χ4v) is 2.93. The maximum atomic E-state index is 12.2. The van der Waals surface area contributed by atoms with E-state index in [0.29, 0.717) is 21.0 Å². The smallest absolute Gasteiger partial charge is 0.271 e. The van der Waals surface area contributed by atoms with E-state index in [-0.39, 0.29) is 18.0 Å². The van der Waals surface area contributed by atoms with E-state index in [2.05, 4.69) is 21.2 Å². The van der Waals surface area contributed by atoms with Crippen molar-refractivity contribution in [3.63, 3.8) is 0 Å². The molecule has 26 heavy (non-hydrogen) atoms. The molecule has 0 atom stereocenters. The van der Waals surface area contributed by atoms with Crippen LogP contribution in [0.4, 0.5) is 11.4 Å². The van der Waals surface area contributed by atoms with Crippen LogP contribution < -0.4 is 14.8 Å². The lowest BCUT2D eigenvalue weighted by Gasteiger charge is -2.14. The number of carbonyl (C=O) groups is 1. The number of benzene rings is 2. The number of nitro benzene ring substituents is 1. The zero-order valence-electron chi connectivity index (χ0n) is 14.3. The largest absolute Gasteiger partial charge is 0.495 e. The first-order valence-electron chi connectivity index (χ1n) is 7.44. The molecule has 0 fully saturated rings. The van der Waals surface area contributed by atoms with E-state index in [4.69, 9.17) is 21.1 Å². The fraction of sp³-hybridized carbons (Fsp3) is 0.235. The normalized spacial score (nSPS) is 10.3. The summed E-state index contributed by atoms with van der Waals surface area (Å²) in [4.78, 5) is 22.5. The number of nitro groups is 1. The summed E-state index contributed by atoms with van der Waals surface area (Å²) in [6.45, 7) is 3.38. The minimum atomic E-state index is -0.554. The van der Waals surface area contributed by atoms with E-state index in [1.807, 2.05) is 13.8 Å². The van der Waals surface area contributed by atoms with Crippen molar-refractivity contribution in [3.8, 4) is 11.5 Å². The second-order valence-corrected chi connectivity index (χ2v) is 6.59. The van der Waals surface area contributed by atoms with Crippen molar-refractivity contribution >= 4 is 44.8 Å². The fourth-order valence-electron chi connectivity index (χ4n) is 2.24. The Morgan fingerprint density at radius 3 is 2.62 bits per heavy atom. The van der Waals surface area contributed by atoms with E-state index in [1.165, 1.54) is 25.3 Å². The number of nitrogens with zero attached hydrogens (tertiary/aromatic N) is 1. The van der Waals surface area contributed by atoms with Crippen LogP contribution in [0.15, 0.2) is 28.7 Å². The van der Waals surface area contributed by atoms with Crippen molar-refractivity contribution in [1.29, 1.82) is 0 Å². The van der Waals surface area contributed by atoms with Gasteiger partial charge in [0.05, 0.1) is 22.2 Å². The number of aryl methyl sites for hydroxylation is 1. The molecule has 2 aromatic carbocycles. The highest BCUT2D eigenvalue weighted by atomic mass is 79.9. The van der Waals surface area contributed by atoms with Crippen LogP contribution in [0, 0.1) is 24.0 Å². The van der Waals surface area contributed by atoms with Crippen LogP contribution in [0.1, 0.15) is 11.1 Å². The molecular formula is C17H16BrClN2O5. The molecule has 0 saturated heterocycles. The van der Waals surface area contributed by atoms with Crippen molar-refractivity contribution in [2.45, 2.75) is 13.8 Å². The molecule has 0 aliphatic carbocycles. The van der Waals surface area contributed by atoms with E-state index in [9.17, 15) is 14.9 Å². The Kier molecular flexibility index (Phi) is 6.44. The molecule has 0 bridgehead atoms. The van der Waals surface area contributed by atoms with E-state index < -0.39 is 10.8 Å². The topological polar surface area (TPSA) is 90.7 Å². The van der Waals surface area contributed by atoms with Gasteiger partial charge in [-0.3, -0.25) is 14.9 Å². The summed E-state index contributed by atoms with van der Waals surface area (Å²) in [7, 11) is 1.41. The van der Waals surface area contributed by atoms with Crippen LogP contribution in [0.2, 0.25) is 5.02 Å². The molecule has 0 unspecified atom stereocenters. The van der Waals surface area contributed by atoms with Gasteiger partial charge in [0.1, 0.15) is 11.5 Å². The number of methoxy groups -OCH3 is 1. The molecule has 0 aliphatic heterocycles. The second kappa shape index (κ2) is 8.37. The van der Waals surface area contributed by atoms with Gasteiger partial charge >= 0.3 is 0 Å². The third kappa shape index (κ3) is 4.44. The molecule has 1 N–H and O–H groups in total. The Bertz CT molecular complexity index is 873. The third-order valence-corrected chi connectivity index (χ3v) is 5.16. The highest BCUT2D eigenvalue weighted by Crippen LogP contribution is 2.35. The summed E-state index contributed by atoms with van der Waals surface area (Å²) < 4.78 is 11.3. The lowest BCUT2D eigenvalue weighted by atomic mass is 10.1. The van der Waals surface area contributed by atoms with Crippen molar-refractivity contribution in [1.82, 2.24) is 0 Å². The summed E-state index contributed by atoms with van der Waals surface area (Å²) in [5.74, 6) is 0.301. The van der Waals surface area contributed by atoms with Gasteiger partial charge in [-0.1, -0.05) is 11.6 Å². The van der Waals surface area contributed by atoms with Gasteiger partial charge in [0, 0.05) is 17.2 Å². The highest BCUT2D eigenvalue weighted by Gasteiger charge is 2.16. The number of carbonyl (C=O) groups excluding carboxylic acids is 1. The molecule has 7 nitrogen and oxygen atoms in total. The average molecular weight is 444 g/mol. The number of ether oxygens (including phenoxy) is 2. The van der Waals surface area contributed by atoms with Crippen LogP contribution in [0.25, 0.3) is 0 Å². The molecule has 0 spiro atoms. The Hall–Kier alpha value is -2.32. The summed E-state index contributed by atoms with van der Waals surface area (Å²) in [5.41, 5.74) is 1.66. The number of hydrogen-bond donors (Lipinski definition) is 1. The molecule has 0 saturated carbocycles. The maximum Gasteiger partial charge on any atom is 0.271 e. The first-order valence-corrected chi connectivity index (χ1v) is 8.62. The summed E-state index contributed by atoms with van der Waals surface area (Å²) >= 11 is 9.56. The lowest BCUT2D eigenvalue weighted by Crippen LogP contribution is -2.20. The van der Waals surface area contributed by atoms with Gasteiger partial charge in [-0.2, -0.15) is 0 Å². The van der Waals surface area contributed by atoms with Gasteiger partial charge in [0.25, 0.3) is 11.6 Å². The summed E-state index contributed by atoms with van der Waals surface area (Å²) in [6, 6.07) is 5.66. The van der Waals surface area contributed by atoms with Crippen molar-refractivity contribution in [3.05, 3.63) is 55.0 Å². The number of hydrogen-bond acceptors (Lipinski definition) is 5. The standard InChI is InChI=1S/C17H16BrClN2O5/c1-9-6-14(16(18)10(2)17(9)19)26-8-15(22)20-12-7-11(21(23)24)4-5-13(12)25-3/h4-7H,8H2,1-3H3,(H,20,22). The van der Waals surface area contributed by atoms with E-state index in [1.54, 1.807) is 6.07 Å². The Morgan fingerprint density at radius 2 is 2.00 bits per heavy atom. The second-order valence-electron chi connectivity index (χ2n) is 5.42. The monoisotopic (exact) mass is 442 g/mol. The first-order chi connectivity index (χ1) is 12.2. The van der Waals surface area contributed by atoms with Crippen molar-refractivity contribution < 1.29 is 19.2 Å². The van der Waals surface area contributed by atoms with Crippen LogP contribution in [-0.4, -0.2) is 24.5 Å². The number of anilines is 1. The number of rotatable bonds is 6. The van der Waals surface area contributed by atoms with E-state index >= 15 is 0 Å². The molecule has 0 heterocycles. The first kappa shape index (κ1) is 20.0. The van der Waals surface area contributed by atoms with Gasteiger partial charge in [0.15, 0.2) is 6.61 Å². The molecule has 1 amide bonds. The van der Waals surface area contributed by atoms with Crippen LogP contribution in [0.5, 0.6) is 11.5 Å². The Morgan fingerprint density at radius 1 is 1.31 bits per heavy atom. The Balaban J connectivity index is 2.13. The Labute approximate surface area is 163 Å². The van der Waals surface area contributed by atoms with E-state index in [0.717, 1.165) is 11.1 Å². The average Bonchev–Trinajstić information content (AvgIpc) is 2.61. The highest BCUT2D eigenvalue weighted by molar-refractivity contribution is 9.10.